The first kappa shape index (κ1) is 10.6. The highest BCUT2D eigenvalue weighted by molar-refractivity contribution is 5.83. The van der Waals surface area contributed by atoms with Gasteiger partial charge in [0, 0.05) is 32.2 Å². The van der Waals surface area contributed by atoms with Gasteiger partial charge in [-0.1, -0.05) is 6.07 Å². The molecule has 25 heavy (non-hydrogen) atoms. The fourth-order valence-corrected chi connectivity index (χ4v) is 2.33. The van der Waals surface area contributed by atoms with Gasteiger partial charge in [0.25, 0.3) is 0 Å². The van der Waals surface area contributed by atoms with Crippen molar-refractivity contribution in [1.82, 2.24) is 19.7 Å². The molecule has 7 nitrogen and oxygen atoms in total. The first-order valence-corrected chi connectivity index (χ1v) is 7.26. The highest BCUT2D eigenvalue weighted by Gasteiger charge is 2.15. The third-order valence-corrected chi connectivity index (χ3v) is 3.49. The van der Waals surface area contributed by atoms with Gasteiger partial charge >= 0.3 is 0 Å². The van der Waals surface area contributed by atoms with Crippen molar-refractivity contribution in [2.24, 2.45) is 0 Å². The number of aromatic nitrogens is 4. The summed E-state index contributed by atoms with van der Waals surface area (Å²) in [5, 5.41) is 13.7. The summed E-state index contributed by atoms with van der Waals surface area (Å²) in [5.74, 6) is -0.116. The molecule has 3 aromatic rings. The average molecular weight is 344 g/mol. The van der Waals surface area contributed by atoms with Gasteiger partial charge in [-0.05, 0) is 31.9 Å². The van der Waals surface area contributed by atoms with Crippen LogP contribution in [0.3, 0.4) is 0 Å². The number of aldehydes is 1. The van der Waals surface area contributed by atoms with Crippen LogP contribution in [-0.2, 0) is 6.61 Å². The standard InChI is InChI=1S/C18H18N4O3/c1-12(2)22-15(6-7-21-22)18-13(8-19-11-20-18)10-25-17-5-3-4-16(24)14(17)9-23/h3-9,11-12,24H,10H2,1-2H3/i1D3,2D3. The van der Waals surface area contributed by atoms with Crippen molar-refractivity contribution >= 4 is 6.29 Å². The van der Waals surface area contributed by atoms with Crippen molar-refractivity contribution in [3.05, 3.63) is 54.1 Å². The Morgan fingerprint density at radius 2 is 2.28 bits per heavy atom. The van der Waals surface area contributed by atoms with Crippen molar-refractivity contribution in [1.29, 1.82) is 0 Å². The Hall–Kier alpha value is -3.22. The van der Waals surface area contributed by atoms with Crippen LogP contribution >= 0.6 is 0 Å². The normalized spacial score (nSPS) is 15.4. The number of phenols is 1. The molecule has 128 valence electrons. The van der Waals surface area contributed by atoms with Gasteiger partial charge in [-0.3, -0.25) is 9.48 Å². The summed E-state index contributed by atoms with van der Waals surface area (Å²) >= 11 is 0. The topological polar surface area (TPSA) is 90.1 Å². The number of carbonyl (C=O) groups is 1. The lowest BCUT2D eigenvalue weighted by Gasteiger charge is -2.14. The maximum atomic E-state index is 11.2. The van der Waals surface area contributed by atoms with Crippen LogP contribution < -0.4 is 4.74 Å². The van der Waals surface area contributed by atoms with Crippen molar-refractivity contribution in [3.8, 4) is 22.9 Å². The lowest BCUT2D eigenvalue weighted by atomic mass is 10.1. The zero-order chi connectivity index (χ0) is 22.8. The van der Waals surface area contributed by atoms with E-state index >= 15 is 0 Å². The number of carbonyl (C=O) groups excluding carboxylic acids is 1. The van der Waals surface area contributed by atoms with Crippen molar-refractivity contribution < 1.29 is 22.9 Å². The minimum Gasteiger partial charge on any atom is -0.507 e. The van der Waals surface area contributed by atoms with E-state index in [1.165, 1.54) is 43.0 Å². The fourth-order valence-electron chi connectivity index (χ4n) is 2.33. The molecule has 1 aromatic carbocycles. The lowest BCUT2D eigenvalue weighted by molar-refractivity contribution is 0.111. The number of nitrogens with zero attached hydrogens (tertiary/aromatic N) is 4. The first-order valence-electron chi connectivity index (χ1n) is 10.3. The van der Waals surface area contributed by atoms with Crippen LogP contribution in [0.15, 0.2) is 43.0 Å². The minimum absolute atomic E-state index is 0.0317. The van der Waals surface area contributed by atoms with Crippen molar-refractivity contribution in [2.45, 2.75) is 26.4 Å². The zero-order valence-corrected chi connectivity index (χ0v) is 13.0. The molecule has 0 aliphatic carbocycles. The summed E-state index contributed by atoms with van der Waals surface area (Å²) in [5.41, 5.74) is 0.735. The van der Waals surface area contributed by atoms with Crippen LogP contribution in [-0.4, -0.2) is 31.1 Å². The summed E-state index contributed by atoms with van der Waals surface area (Å²) in [6, 6.07) is 3.90. The lowest BCUT2D eigenvalue weighted by Crippen LogP contribution is -2.08. The Balaban J connectivity index is 2.00. The van der Waals surface area contributed by atoms with Gasteiger partial charge in [0.15, 0.2) is 6.29 Å². The van der Waals surface area contributed by atoms with Gasteiger partial charge in [0.2, 0.25) is 0 Å². The van der Waals surface area contributed by atoms with Gasteiger partial charge in [0.05, 0.1) is 17.0 Å². The molecule has 0 fully saturated rings. The SMILES string of the molecule is [2H]C([2H])([2H])C(n1nccc1-c1ncncc1COc1cccc(O)c1C=O)C([2H])([2H])[2H]. The molecule has 0 spiro atoms. The molecule has 0 atom stereocenters. The number of ether oxygens (including phenoxy) is 1. The van der Waals surface area contributed by atoms with Gasteiger partial charge in [-0.2, -0.15) is 5.10 Å². The predicted molar refractivity (Wildman–Crippen MR) is 91.5 cm³/mol. The third kappa shape index (κ3) is 3.35. The average Bonchev–Trinajstić information content (AvgIpc) is 3.12. The molecule has 2 heterocycles. The monoisotopic (exact) mass is 344 g/mol. The van der Waals surface area contributed by atoms with E-state index in [0.717, 1.165) is 4.68 Å². The molecule has 7 heteroatoms. The van der Waals surface area contributed by atoms with Crippen LogP contribution in [0, 0.1) is 0 Å². The largest absolute Gasteiger partial charge is 0.507 e. The number of phenolic OH excluding ortho intramolecular Hbond substituents is 1. The maximum Gasteiger partial charge on any atom is 0.157 e. The Kier molecular flexibility index (Phi) is 3.02. The summed E-state index contributed by atoms with van der Waals surface area (Å²) < 4.78 is 52.7. The van der Waals surface area contributed by atoms with Gasteiger partial charge in [-0.15, -0.1) is 0 Å². The van der Waals surface area contributed by atoms with Crippen LogP contribution in [0.5, 0.6) is 11.5 Å². The van der Waals surface area contributed by atoms with Gasteiger partial charge < -0.3 is 9.84 Å². The number of benzene rings is 1. The third-order valence-electron chi connectivity index (χ3n) is 3.49. The maximum absolute atomic E-state index is 11.2. The first-order chi connectivity index (χ1) is 14.5. The second-order valence-electron chi connectivity index (χ2n) is 5.06. The van der Waals surface area contributed by atoms with E-state index in [1.807, 2.05) is 0 Å². The van der Waals surface area contributed by atoms with E-state index < -0.39 is 19.7 Å². The highest BCUT2D eigenvalue weighted by Crippen LogP contribution is 2.28. The number of rotatable bonds is 6. The summed E-state index contributed by atoms with van der Waals surface area (Å²) in [6.07, 6.45) is 4.38. The molecule has 0 saturated heterocycles. The predicted octanol–water partition coefficient (Wildman–Crippen LogP) is 3.02. The molecular weight excluding hydrogens is 320 g/mol. The molecule has 0 saturated carbocycles. The molecule has 0 radical (unpaired) electrons. The molecular formula is C18H18N4O3. The Labute approximate surface area is 153 Å². The van der Waals surface area contributed by atoms with Crippen molar-refractivity contribution in [3.63, 3.8) is 0 Å². The molecule has 0 bridgehead atoms. The minimum atomic E-state index is -2.85. The van der Waals surface area contributed by atoms with E-state index in [-0.39, 0.29) is 35.1 Å². The van der Waals surface area contributed by atoms with E-state index in [0.29, 0.717) is 11.8 Å². The van der Waals surface area contributed by atoms with Crippen LogP contribution in [0.1, 0.15) is 43.9 Å². The fraction of sp³-hybridized carbons (Fsp3) is 0.222. The summed E-state index contributed by atoms with van der Waals surface area (Å²) in [6.45, 7) is -5.84. The number of hydrogen-bond donors (Lipinski definition) is 1. The molecule has 2 aromatic heterocycles. The van der Waals surface area contributed by atoms with E-state index in [4.69, 9.17) is 13.0 Å². The molecule has 3 rings (SSSR count). The quantitative estimate of drug-likeness (QED) is 0.691. The van der Waals surface area contributed by atoms with Crippen LogP contribution in [0.2, 0.25) is 0 Å². The second kappa shape index (κ2) is 7.12. The van der Waals surface area contributed by atoms with Gasteiger partial charge in [0.1, 0.15) is 24.4 Å². The Morgan fingerprint density at radius 3 is 3.08 bits per heavy atom. The van der Waals surface area contributed by atoms with Crippen LogP contribution in [0.25, 0.3) is 11.4 Å². The molecule has 0 aliphatic heterocycles. The van der Waals surface area contributed by atoms with E-state index in [2.05, 4.69) is 15.1 Å². The number of hydrogen-bond acceptors (Lipinski definition) is 6. The zero-order valence-electron chi connectivity index (χ0n) is 19.0. The van der Waals surface area contributed by atoms with E-state index in [9.17, 15) is 9.90 Å². The Bertz CT molecular complexity index is 1070. The summed E-state index contributed by atoms with van der Waals surface area (Å²) in [4.78, 5) is 19.3. The highest BCUT2D eigenvalue weighted by atomic mass is 16.5. The van der Waals surface area contributed by atoms with Gasteiger partial charge in [-0.25, -0.2) is 9.97 Å². The number of aromatic hydroxyl groups is 1. The smallest absolute Gasteiger partial charge is 0.157 e. The summed E-state index contributed by atoms with van der Waals surface area (Å²) in [7, 11) is 0. The Morgan fingerprint density at radius 1 is 1.40 bits per heavy atom. The molecule has 0 amide bonds. The molecule has 0 unspecified atom stereocenters. The van der Waals surface area contributed by atoms with Crippen molar-refractivity contribution in [2.75, 3.05) is 0 Å². The van der Waals surface area contributed by atoms with E-state index in [1.54, 1.807) is 0 Å². The molecule has 0 aliphatic rings. The van der Waals surface area contributed by atoms with Crippen LogP contribution in [0.4, 0.5) is 0 Å². The molecule has 1 N–H and O–H groups in total. The second-order valence-corrected chi connectivity index (χ2v) is 5.06.